The number of nitrogens with one attached hydrogen (secondary N) is 2. The highest BCUT2D eigenvalue weighted by Gasteiger charge is 2.57. The Hall–Kier alpha value is -3.95. The number of amides is 1. The van der Waals surface area contributed by atoms with Gasteiger partial charge in [0.2, 0.25) is 5.91 Å². The van der Waals surface area contributed by atoms with Gasteiger partial charge in [0.05, 0.1) is 22.0 Å². The number of phenolic OH excluding ortho intramolecular Hbond substituents is 1. The molecule has 2 aliphatic rings. The Morgan fingerprint density at radius 1 is 1.11 bits per heavy atom. The van der Waals surface area contributed by atoms with Crippen LogP contribution < -0.4 is 10.6 Å². The second kappa shape index (κ2) is 11.5. The summed E-state index contributed by atoms with van der Waals surface area (Å²) in [6.07, 6.45) is -12.8. The van der Waals surface area contributed by atoms with Crippen molar-refractivity contribution in [3.8, 4) is 5.75 Å². The van der Waals surface area contributed by atoms with Gasteiger partial charge in [-0.3, -0.25) is 4.79 Å². The fraction of sp³-hybridized carbons (Fsp3) is 0.407. The lowest BCUT2D eigenvalue weighted by molar-refractivity contribution is -0.283. The summed E-state index contributed by atoms with van der Waals surface area (Å²) in [6, 6.07) is 4.06. The lowest BCUT2D eigenvalue weighted by atomic mass is 9.77. The zero-order valence-corrected chi connectivity index (χ0v) is 23.9. The van der Waals surface area contributed by atoms with Crippen LogP contribution in [-0.4, -0.2) is 63.5 Å². The number of phenols is 1. The van der Waals surface area contributed by atoms with E-state index in [0.717, 1.165) is 0 Å². The van der Waals surface area contributed by atoms with Crippen LogP contribution in [0.1, 0.15) is 49.6 Å². The third kappa shape index (κ3) is 6.44. The zero-order chi connectivity index (χ0) is 32.8. The molecule has 2 aromatic rings. The summed E-state index contributed by atoms with van der Waals surface area (Å²) < 4.78 is 104. The van der Waals surface area contributed by atoms with E-state index >= 15 is 0 Å². The summed E-state index contributed by atoms with van der Waals surface area (Å²) in [7, 11) is 1.44. The van der Waals surface area contributed by atoms with Crippen molar-refractivity contribution in [3.63, 3.8) is 0 Å². The molecule has 0 saturated heterocycles. The minimum Gasteiger partial charge on any atom is -0.506 e. The van der Waals surface area contributed by atoms with E-state index in [1.54, 1.807) is 0 Å². The number of carbonyl (C=O) groups excluding carboxylic acids is 1. The van der Waals surface area contributed by atoms with E-state index in [-0.39, 0.29) is 69.4 Å². The van der Waals surface area contributed by atoms with Crippen molar-refractivity contribution < 1.29 is 45.0 Å². The maximum absolute atomic E-state index is 13.6. The number of allylic oxidation sites excluding steroid dienone is 1. The molecule has 1 aromatic carbocycles. The molecule has 238 valence electrons. The second-order valence-electron chi connectivity index (χ2n) is 10.3. The van der Waals surface area contributed by atoms with E-state index in [4.69, 9.17) is 11.6 Å². The SMILES string of the molecule is C=C1C(CCC(F)(F)C(F)(F)F)=NC(c2nc(NCCCC(F)(F)F)c3c(n2)NC(=O)C3(C)c2ccc(Cl)c(O)c2)=CN1C. The number of alkyl halides is 8. The van der Waals surface area contributed by atoms with Crippen LogP contribution in [0.2, 0.25) is 5.02 Å². The standard InChI is InChI=1S/C27H25ClF8N6O2/c1-13-16(7-9-25(29,30)27(34,35)36)38-17(12-42(13)3)20-39-21(37-10-4-8-26(31,32)33)19-22(40-20)41-23(44)24(19,2)14-5-6-15(28)18(43)11-14/h5-6,11-12,43H,1,4,7-10H2,2-3H3,(H2,37,39,40,41,44). The number of rotatable bonds is 9. The minimum absolute atomic E-state index is 0.00433. The smallest absolute Gasteiger partial charge is 0.453 e. The number of carbonyl (C=O) groups is 1. The lowest BCUT2D eigenvalue weighted by Crippen LogP contribution is -2.37. The highest BCUT2D eigenvalue weighted by molar-refractivity contribution is 6.32. The molecule has 1 unspecified atom stereocenters. The first-order chi connectivity index (χ1) is 20.2. The van der Waals surface area contributed by atoms with Gasteiger partial charge in [0.15, 0.2) is 5.82 Å². The maximum atomic E-state index is 13.6. The van der Waals surface area contributed by atoms with Gasteiger partial charge in [0.25, 0.3) is 0 Å². The molecule has 0 bridgehead atoms. The summed E-state index contributed by atoms with van der Waals surface area (Å²) in [6.45, 7) is 4.92. The number of fused-ring (bicyclic) bond motifs is 1. The van der Waals surface area contributed by atoms with Crippen LogP contribution in [0.25, 0.3) is 5.70 Å². The summed E-state index contributed by atoms with van der Waals surface area (Å²) in [5, 5.41) is 15.6. The molecule has 1 amide bonds. The van der Waals surface area contributed by atoms with Crippen molar-refractivity contribution in [3.05, 3.63) is 58.6 Å². The first-order valence-electron chi connectivity index (χ1n) is 12.9. The largest absolute Gasteiger partial charge is 0.506 e. The average molecular weight is 653 g/mol. The number of hydrogen-bond donors (Lipinski definition) is 3. The number of halogens is 9. The molecule has 2 aliphatic heterocycles. The number of aliphatic imine (C=N–C) groups is 1. The third-order valence-corrected chi connectivity index (χ3v) is 7.52. The normalized spacial score (nSPS) is 19.0. The van der Waals surface area contributed by atoms with Gasteiger partial charge in [-0.1, -0.05) is 24.2 Å². The van der Waals surface area contributed by atoms with E-state index in [1.165, 1.54) is 43.3 Å². The Kier molecular flexibility index (Phi) is 8.63. The van der Waals surface area contributed by atoms with E-state index in [0.29, 0.717) is 0 Å². The van der Waals surface area contributed by atoms with Crippen molar-refractivity contribution in [1.29, 1.82) is 0 Å². The van der Waals surface area contributed by atoms with Gasteiger partial charge in [-0.15, -0.1) is 0 Å². The number of benzene rings is 1. The van der Waals surface area contributed by atoms with Crippen LogP contribution in [0.3, 0.4) is 0 Å². The molecule has 3 heterocycles. The second-order valence-corrected chi connectivity index (χ2v) is 10.8. The monoisotopic (exact) mass is 652 g/mol. The molecule has 44 heavy (non-hydrogen) atoms. The summed E-state index contributed by atoms with van der Waals surface area (Å²) in [5.41, 5.74) is -1.44. The number of hydrogen-bond acceptors (Lipinski definition) is 7. The Balaban J connectivity index is 1.78. The number of nitrogens with zero attached hydrogens (tertiary/aromatic N) is 4. The fourth-order valence-electron chi connectivity index (χ4n) is 4.64. The number of anilines is 2. The Bertz CT molecular complexity index is 1560. The Morgan fingerprint density at radius 3 is 2.41 bits per heavy atom. The lowest BCUT2D eigenvalue weighted by Gasteiger charge is -2.27. The van der Waals surface area contributed by atoms with Crippen LogP contribution in [-0.2, 0) is 10.2 Å². The van der Waals surface area contributed by atoms with E-state index in [2.05, 4.69) is 32.2 Å². The van der Waals surface area contributed by atoms with Crippen molar-refractivity contribution >= 4 is 40.6 Å². The van der Waals surface area contributed by atoms with Crippen LogP contribution in [0.5, 0.6) is 5.75 Å². The minimum atomic E-state index is -5.77. The molecule has 4 rings (SSSR count). The molecular weight excluding hydrogens is 628 g/mol. The van der Waals surface area contributed by atoms with Gasteiger partial charge in [0.1, 0.15) is 28.5 Å². The maximum Gasteiger partial charge on any atom is 0.453 e. The van der Waals surface area contributed by atoms with Crippen molar-refractivity contribution in [2.45, 2.75) is 56.3 Å². The third-order valence-electron chi connectivity index (χ3n) is 7.20. The van der Waals surface area contributed by atoms with Crippen molar-refractivity contribution in [2.24, 2.45) is 4.99 Å². The molecule has 0 fully saturated rings. The van der Waals surface area contributed by atoms with Gasteiger partial charge in [0, 0.05) is 32.6 Å². The van der Waals surface area contributed by atoms with Crippen LogP contribution in [0.15, 0.2) is 41.7 Å². The number of aromatic hydroxyl groups is 1. The van der Waals surface area contributed by atoms with Gasteiger partial charge >= 0.3 is 18.3 Å². The molecule has 17 heteroatoms. The first-order valence-corrected chi connectivity index (χ1v) is 13.3. The molecule has 0 aliphatic carbocycles. The van der Waals surface area contributed by atoms with Crippen molar-refractivity contribution in [2.75, 3.05) is 24.2 Å². The highest BCUT2D eigenvalue weighted by atomic mass is 35.5. The van der Waals surface area contributed by atoms with Gasteiger partial charge in [-0.25, -0.2) is 15.0 Å². The predicted octanol–water partition coefficient (Wildman–Crippen LogP) is 7.02. The molecule has 0 spiro atoms. The molecule has 8 nitrogen and oxygen atoms in total. The zero-order valence-electron chi connectivity index (χ0n) is 23.1. The van der Waals surface area contributed by atoms with Crippen LogP contribution in [0.4, 0.5) is 46.8 Å². The van der Waals surface area contributed by atoms with E-state index < -0.39 is 48.9 Å². The van der Waals surface area contributed by atoms with Gasteiger partial charge in [-0.2, -0.15) is 35.1 Å². The Morgan fingerprint density at radius 2 is 1.80 bits per heavy atom. The van der Waals surface area contributed by atoms with Gasteiger partial charge < -0.3 is 20.6 Å². The highest BCUT2D eigenvalue weighted by Crippen LogP contribution is 2.47. The Labute approximate surface area is 250 Å². The fourth-order valence-corrected chi connectivity index (χ4v) is 4.75. The molecule has 0 saturated carbocycles. The van der Waals surface area contributed by atoms with Crippen LogP contribution in [0, 0.1) is 0 Å². The van der Waals surface area contributed by atoms with E-state index in [9.17, 15) is 45.0 Å². The number of aromatic nitrogens is 2. The predicted molar refractivity (Wildman–Crippen MR) is 147 cm³/mol. The van der Waals surface area contributed by atoms with Gasteiger partial charge in [-0.05, 0) is 37.5 Å². The quantitative estimate of drug-likeness (QED) is 0.199. The molecule has 0 radical (unpaired) electrons. The van der Waals surface area contributed by atoms with Crippen LogP contribution >= 0.6 is 11.6 Å². The molecule has 1 atom stereocenters. The average Bonchev–Trinajstić information content (AvgIpc) is 3.18. The molecule has 1 aromatic heterocycles. The van der Waals surface area contributed by atoms with Crippen molar-refractivity contribution in [1.82, 2.24) is 14.9 Å². The molecular formula is C27H25ClF8N6O2. The topological polar surface area (TPSA) is 103 Å². The first kappa shape index (κ1) is 33.0. The molecule has 3 N–H and O–H groups in total. The summed E-state index contributed by atoms with van der Waals surface area (Å²) in [5.74, 6) is -6.31. The van der Waals surface area contributed by atoms with E-state index in [1.807, 2.05) is 0 Å². The summed E-state index contributed by atoms with van der Waals surface area (Å²) in [4.78, 5) is 27.6. The summed E-state index contributed by atoms with van der Waals surface area (Å²) >= 11 is 5.93.